The third kappa shape index (κ3) is 3.44. The van der Waals surface area contributed by atoms with Gasteiger partial charge >= 0.3 is 0 Å². The topological polar surface area (TPSA) is 12.0 Å². The van der Waals surface area contributed by atoms with Crippen LogP contribution in [0.4, 0.5) is 0 Å². The highest BCUT2D eigenvalue weighted by Gasteiger charge is 2.16. The van der Waals surface area contributed by atoms with Gasteiger partial charge in [-0.25, -0.2) is 0 Å². The van der Waals surface area contributed by atoms with Gasteiger partial charge in [0.25, 0.3) is 0 Å². The molecule has 0 fully saturated rings. The van der Waals surface area contributed by atoms with Crippen molar-refractivity contribution in [2.45, 2.75) is 45.7 Å². The molecule has 3 heteroatoms. The summed E-state index contributed by atoms with van der Waals surface area (Å²) in [6.45, 7) is 6.69. The molecule has 0 saturated heterocycles. The van der Waals surface area contributed by atoms with Crippen LogP contribution in [0.15, 0.2) is 29.6 Å². The first-order valence-electron chi connectivity index (χ1n) is 6.56. The lowest BCUT2D eigenvalue weighted by Gasteiger charge is -2.21. The molecule has 2 heterocycles. The molecule has 98 valence electrons. The zero-order valence-corrected chi connectivity index (χ0v) is 12.9. The number of nitrogens with one attached hydrogen (secondary N) is 1. The minimum Gasteiger partial charge on any atom is -0.302 e. The van der Waals surface area contributed by atoms with Crippen LogP contribution < -0.4 is 5.32 Å². The maximum atomic E-state index is 3.77. The number of aryl methyl sites for hydroxylation is 1. The van der Waals surface area contributed by atoms with E-state index in [1.807, 2.05) is 22.7 Å². The first-order valence-corrected chi connectivity index (χ1v) is 8.26. The van der Waals surface area contributed by atoms with Crippen molar-refractivity contribution in [2.24, 2.45) is 0 Å². The second-order valence-corrected chi connectivity index (χ2v) is 6.99. The summed E-state index contributed by atoms with van der Waals surface area (Å²) in [5, 5.41) is 5.94. The van der Waals surface area contributed by atoms with Gasteiger partial charge in [0.05, 0.1) is 0 Å². The molecule has 0 aromatic carbocycles. The molecule has 0 aliphatic carbocycles. The SMILES string of the molecule is CCCC(NC(C)c1ccc(C)s1)c1cccs1. The lowest BCUT2D eigenvalue weighted by Crippen LogP contribution is -2.23. The van der Waals surface area contributed by atoms with Crippen LogP contribution in [0.1, 0.15) is 53.4 Å². The molecule has 2 aromatic rings. The lowest BCUT2D eigenvalue weighted by molar-refractivity contribution is 0.449. The van der Waals surface area contributed by atoms with Crippen molar-refractivity contribution < 1.29 is 0 Å². The molecule has 0 spiro atoms. The zero-order valence-electron chi connectivity index (χ0n) is 11.3. The molecule has 0 saturated carbocycles. The molecule has 0 bridgehead atoms. The summed E-state index contributed by atoms with van der Waals surface area (Å²) in [5.74, 6) is 0. The molecule has 18 heavy (non-hydrogen) atoms. The maximum absolute atomic E-state index is 3.77. The third-order valence-electron chi connectivity index (χ3n) is 3.10. The predicted molar refractivity (Wildman–Crippen MR) is 82.6 cm³/mol. The smallest absolute Gasteiger partial charge is 0.0419 e. The summed E-state index contributed by atoms with van der Waals surface area (Å²) < 4.78 is 0. The number of hydrogen-bond donors (Lipinski definition) is 1. The Balaban J connectivity index is 2.05. The molecule has 0 radical (unpaired) electrons. The second-order valence-electron chi connectivity index (χ2n) is 4.69. The van der Waals surface area contributed by atoms with Crippen LogP contribution in [-0.2, 0) is 0 Å². The summed E-state index contributed by atoms with van der Waals surface area (Å²) in [5.41, 5.74) is 0. The van der Waals surface area contributed by atoms with E-state index in [4.69, 9.17) is 0 Å². The van der Waals surface area contributed by atoms with E-state index in [-0.39, 0.29) is 0 Å². The van der Waals surface area contributed by atoms with Crippen LogP contribution >= 0.6 is 22.7 Å². The molecule has 1 N–H and O–H groups in total. The average molecular weight is 279 g/mol. The van der Waals surface area contributed by atoms with Crippen molar-refractivity contribution in [2.75, 3.05) is 0 Å². The highest BCUT2D eigenvalue weighted by Crippen LogP contribution is 2.29. The third-order valence-corrected chi connectivity index (χ3v) is 5.27. The lowest BCUT2D eigenvalue weighted by atomic mass is 10.1. The van der Waals surface area contributed by atoms with Gasteiger partial charge in [0, 0.05) is 26.7 Å². The quantitative estimate of drug-likeness (QED) is 0.755. The Hall–Kier alpha value is -0.640. The zero-order chi connectivity index (χ0) is 13.0. The molecule has 2 rings (SSSR count). The molecule has 2 unspecified atom stereocenters. The number of hydrogen-bond acceptors (Lipinski definition) is 3. The van der Waals surface area contributed by atoms with Gasteiger partial charge in [-0.1, -0.05) is 19.4 Å². The van der Waals surface area contributed by atoms with E-state index in [9.17, 15) is 0 Å². The van der Waals surface area contributed by atoms with E-state index in [1.165, 1.54) is 27.5 Å². The molecular formula is C15H21NS2. The van der Waals surface area contributed by atoms with Gasteiger partial charge in [0.1, 0.15) is 0 Å². The summed E-state index contributed by atoms with van der Waals surface area (Å²) >= 11 is 3.75. The summed E-state index contributed by atoms with van der Waals surface area (Å²) in [6, 6.07) is 9.76. The second kappa shape index (κ2) is 6.50. The summed E-state index contributed by atoms with van der Waals surface area (Å²) in [7, 11) is 0. The van der Waals surface area contributed by atoms with Crippen LogP contribution in [0.5, 0.6) is 0 Å². The largest absolute Gasteiger partial charge is 0.302 e. The van der Waals surface area contributed by atoms with Gasteiger partial charge in [-0.15, -0.1) is 22.7 Å². The summed E-state index contributed by atoms with van der Waals surface area (Å²) in [4.78, 5) is 4.28. The van der Waals surface area contributed by atoms with Crippen LogP contribution in [-0.4, -0.2) is 0 Å². The van der Waals surface area contributed by atoms with Gasteiger partial charge in [0.15, 0.2) is 0 Å². The molecule has 0 amide bonds. The van der Waals surface area contributed by atoms with E-state index < -0.39 is 0 Å². The number of thiophene rings is 2. The Labute approximate surface area is 118 Å². The molecular weight excluding hydrogens is 258 g/mol. The van der Waals surface area contributed by atoms with E-state index in [2.05, 4.69) is 55.7 Å². The van der Waals surface area contributed by atoms with Crippen molar-refractivity contribution in [3.05, 3.63) is 44.3 Å². The van der Waals surface area contributed by atoms with E-state index in [0.29, 0.717) is 12.1 Å². The fourth-order valence-corrected chi connectivity index (χ4v) is 3.87. The van der Waals surface area contributed by atoms with Gasteiger partial charge in [-0.2, -0.15) is 0 Å². The van der Waals surface area contributed by atoms with Gasteiger partial charge in [-0.05, 0) is 43.8 Å². The summed E-state index contributed by atoms with van der Waals surface area (Å²) in [6.07, 6.45) is 2.42. The molecule has 0 aliphatic heterocycles. The van der Waals surface area contributed by atoms with Crippen LogP contribution in [0.2, 0.25) is 0 Å². The Bertz CT molecular complexity index is 459. The molecule has 0 aliphatic rings. The normalized spacial score (nSPS) is 14.6. The van der Waals surface area contributed by atoms with Crippen molar-refractivity contribution in [3.63, 3.8) is 0 Å². The molecule has 2 atom stereocenters. The fourth-order valence-electron chi connectivity index (χ4n) is 2.16. The minimum atomic E-state index is 0.433. The van der Waals surface area contributed by atoms with Crippen molar-refractivity contribution >= 4 is 22.7 Å². The maximum Gasteiger partial charge on any atom is 0.0419 e. The standard InChI is InChI=1S/C15H21NS2/c1-4-6-13(15-7-5-10-17-15)16-12(3)14-9-8-11(2)18-14/h5,7-10,12-13,16H,4,6H2,1-3H3. The Kier molecular flexibility index (Phi) is 4.98. The van der Waals surface area contributed by atoms with E-state index >= 15 is 0 Å². The predicted octanol–water partition coefficient (Wildman–Crippen LogP) is 5.31. The van der Waals surface area contributed by atoms with Crippen molar-refractivity contribution in [1.29, 1.82) is 0 Å². The molecule has 1 nitrogen and oxygen atoms in total. The van der Waals surface area contributed by atoms with Crippen molar-refractivity contribution in [3.8, 4) is 0 Å². The van der Waals surface area contributed by atoms with E-state index in [0.717, 1.165) is 0 Å². The van der Waals surface area contributed by atoms with Crippen LogP contribution in [0.25, 0.3) is 0 Å². The average Bonchev–Trinajstić information content (AvgIpc) is 2.98. The molecule has 2 aromatic heterocycles. The first kappa shape index (κ1) is 13.8. The number of rotatable bonds is 6. The van der Waals surface area contributed by atoms with Crippen LogP contribution in [0, 0.1) is 6.92 Å². The Morgan fingerprint density at radius 1 is 1.22 bits per heavy atom. The van der Waals surface area contributed by atoms with Gasteiger partial charge < -0.3 is 5.32 Å². The van der Waals surface area contributed by atoms with E-state index in [1.54, 1.807) is 0 Å². The van der Waals surface area contributed by atoms with Crippen molar-refractivity contribution in [1.82, 2.24) is 5.32 Å². The first-order chi connectivity index (χ1) is 8.70. The van der Waals surface area contributed by atoms with Gasteiger partial charge in [-0.3, -0.25) is 0 Å². The Morgan fingerprint density at radius 3 is 2.61 bits per heavy atom. The highest BCUT2D eigenvalue weighted by atomic mass is 32.1. The fraction of sp³-hybridized carbons (Fsp3) is 0.467. The Morgan fingerprint density at radius 2 is 2.06 bits per heavy atom. The minimum absolute atomic E-state index is 0.433. The monoisotopic (exact) mass is 279 g/mol. The van der Waals surface area contributed by atoms with Gasteiger partial charge in [0.2, 0.25) is 0 Å². The highest BCUT2D eigenvalue weighted by molar-refractivity contribution is 7.12. The van der Waals surface area contributed by atoms with Crippen LogP contribution in [0.3, 0.4) is 0 Å².